The number of rotatable bonds is 6. The van der Waals surface area contributed by atoms with E-state index in [1.54, 1.807) is 37.3 Å². The number of carbonyl (C=O) groups excluding carboxylic acids is 2. The summed E-state index contributed by atoms with van der Waals surface area (Å²) in [5.74, 6) is -2.45. The lowest BCUT2D eigenvalue weighted by atomic mass is 10.0. The van der Waals surface area contributed by atoms with Crippen molar-refractivity contribution in [2.45, 2.75) is 46.0 Å². The molecule has 0 radical (unpaired) electrons. The van der Waals surface area contributed by atoms with Crippen LogP contribution in [0, 0.1) is 6.92 Å². The maximum atomic E-state index is 13.7. The van der Waals surface area contributed by atoms with Crippen molar-refractivity contribution >= 4 is 52.0 Å². The number of benzene rings is 2. The molecule has 0 unspecified atom stereocenters. The number of nitrogens with one attached hydrogen (secondary N) is 2. The van der Waals surface area contributed by atoms with Crippen molar-refractivity contribution in [1.82, 2.24) is 30.5 Å². The number of aromatic nitrogens is 5. The molecule has 0 atom stereocenters. The number of carbonyl (C=O) groups is 2. The first-order valence-electron chi connectivity index (χ1n) is 11.7. The molecule has 210 valence electrons. The van der Waals surface area contributed by atoms with Crippen molar-refractivity contribution < 1.29 is 22.8 Å². The monoisotopic (exact) mass is 611 g/mol. The Labute approximate surface area is 240 Å². The molecule has 0 saturated heterocycles. The average molecular weight is 612 g/mol. The fraction of sp³-hybridized carbons (Fsp3) is 0.280. The van der Waals surface area contributed by atoms with Gasteiger partial charge in [-0.05, 0) is 56.7 Å². The van der Waals surface area contributed by atoms with Crippen LogP contribution in [0.25, 0.3) is 11.3 Å². The number of amides is 2. The van der Waals surface area contributed by atoms with Crippen LogP contribution >= 0.6 is 34.5 Å². The highest BCUT2D eigenvalue weighted by Crippen LogP contribution is 2.35. The van der Waals surface area contributed by atoms with E-state index in [1.165, 1.54) is 6.07 Å². The number of halogens is 5. The molecule has 0 aliphatic heterocycles. The summed E-state index contributed by atoms with van der Waals surface area (Å²) in [4.78, 5) is 32.1. The molecule has 9 nitrogen and oxygen atoms in total. The van der Waals surface area contributed by atoms with E-state index < -0.39 is 29.4 Å². The van der Waals surface area contributed by atoms with Gasteiger partial charge in [0.1, 0.15) is 16.4 Å². The largest absolute Gasteiger partial charge is 0.455 e. The van der Waals surface area contributed by atoms with Crippen LogP contribution in [0.1, 0.15) is 57.2 Å². The highest BCUT2D eigenvalue weighted by Gasteiger charge is 2.37. The lowest BCUT2D eigenvalue weighted by Crippen LogP contribution is -2.41. The van der Waals surface area contributed by atoms with E-state index in [0.29, 0.717) is 21.2 Å². The fourth-order valence-corrected chi connectivity index (χ4v) is 5.08. The summed E-state index contributed by atoms with van der Waals surface area (Å²) in [6.45, 7) is 6.86. The minimum atomic E-state index is -4.76. The van der Waals surface area contributed by atoms with Crippen molar-refractivity contribution in [1.29, 1.82) is 0 Å². The maximum Gasteiger partial charge on any atom is 0.455 e. The summed E-state index contributed by atoms with van der Waals surface area (Å²) in [5.41, 5.74) is 1.01. The van der Waals surface area contributed by atoms with Crippen LogP contribution in [0.15, 0.2) is 36.4 Å². The van der Waals surface area contributed by atoms with Crippen LogP contribution in [-0.4, -0.2) is 42.5 Å². The van der Waals surface area contributed by atoms with Crippen molar-refractivity contribution in [2.75, 3.05) is 5.32 Å². The van der Waals surface area contributed by atoms with E-state index in [0.717, 1.165) is 16.1 Å². The smallest absolute Gasteiger partial charge is 0.347 e. The van der Waals surface area contributed by atoms with Gasteiger partial charge in [-0.1, -0.05) is 41.4 Å². The first kappa shape index (κ1) is 29.4. The Hall–Kier alpha value is -3.55. The van der Waals surface area contributed by atoms with Crippen LogP contribution in [0.5, 0.6) is 0 Å². The zero-order chi connectivity index (χ0) is 29.4. The molecule has 0 aliphatic rings. The Kier molecular flexibility index (Phi) is 8.20. The number of aryl methyl sites for hydroxylation is 1. The molecular weight excluding hydrogens is 590 g/mol. The number of nitrogens with zero attached hydrogens (tertiary/aromatic N) is 5. The van der Waals surface area contributed by atoms with Gasteiger partial charge in [-0.2, -0.15) is 18.0 Å². The van der Waals surface area contributed by atoms with Crippen molar-refractivity contribution in [3.63, 3.8) is 0 Å². The summed E-state index contributed by atoms with van der Waals surface area (Å²) in [6, 6.07) is 9.73. The van der Waals surface area contributed by atoms with Crippen molar-refractivity contribution in [3.05, 3.63) is 73.3 Å². The van der Waals surface area contributed by atoms with Gasteiger partial charge in [0.15, 0.2) is 0 Å². The Morgan fingerprint density at radius 3 is 2.40 bits per heavy atom. The van der Waals surface area contributed by atoms with Gasteiger partial charge in [0.2, 0.25) is 0 Å². The van der Waals surface area contributed by atoms with Crippen LogP contribution in [0.4, 0.5) is 18.9 Å². The molecule has 0 aliphatic carbocycles. The van der Waals surface area contributed by atoms with E-state index in [-0.39, 0.29) is 33.4 Å². The minimum absolute atomic E-state index is 0.107. The predicted octanol–water partition coefficient (Wildman–Crippen LogP) is 6.26. The van der Waals surface area contributed by atoms with Gasteiger partial charge in [-0.25, -0.2) is 4.98 Å². The lowest BCUT2D eigenvalue weighted by Gasteiger charge is -2.22. The quantitative estimate of drug-likeness (QED) is 0.266. The highest BCUT2D eigenvalue weighted by molar-refractivity contribution is 7.14. The number of tetrazole rings is 1. The number of anilines is 1. The predicted molar refractivity (Wildman–Crippen MR) is 146 cm³/mol. The topological polar surface area (TPSA) is 115 Å². The normalized spacial score (nSPS) is 11.9. The molecule has 2 heterocycles. The van der Waals surface area contributed by atoms with Gasteiger partial charge in [-0.3, -0.25) is 9.59 Å². The third kappa shape index (κ3) is 6.77. The second kappa shape index (κ2) is 11.1. The van der Waals surface area contributed by atoms with Gasteiger partial charge in [0, 0.05) is 16.1 Å². The maximum absolute atomic E-state index is 13.7. The van der Waals surface area contributed by atoms with Crippen LogP contribution < -0.4 is 10.6 Å². The lowest BCUT2D eigenvalue weighted by molar-refractivity contribution is -0.145. The van der Waals surface area contributed by atoms with E-state index in [2.05, 4.69) is 31.0 Å². The van der Waals surface area contributed by atoms with Gasteiger partial charge in [-0.15, -0.1) is 21.5 Å². The Bertz CT molecular complexity index is 1600. The van der Waals surface area contributed by atoms with Gasteiger partial charge < -0.3 is 10.6 Å². The molecule has 4 aromatic rings. The fourth-order valence-electron chi connectivity index (χ4n) is 3.63. The molecule has 0 bridgehead atoms. The molecule has 15 heteroatoms. The molecule has 0 spiro atoms. The van der Waals surface area contributed by atoms with E-state index >= 15 is 0 Å². The van der Waals surface area contributed by atoms with Crippen LogP contribution in [0.2, 0.25) is 10.0 Å². The summed E-state index contributed by atoms with van der Waals surface area (Å²) < 4.78 is 38.8. The number of thiazole rings is 1. The summed E-state index contributed by atoms with van der Waals surface area (Å²) >= 11 is 13.5. The van der Waals surface area contributed by atoms with Gasteiger partial charge in [0.25, 0.3) is 17.6 Å². The molecule has 40 heavy (non-hydrogen) atoms. The Morgan fingerprint density at radius 1 is 1.07 bits per heavy atom. The van der Waals surface area contributed by atoms with Crippen LogP contribution in [0.3, 0.4) is 0 Å². The van der Waals surface area contributed by atoms with Gasteiger partial charge in [0.05, 0.1) is 22.0 Å². The molecule has 0 saturated carbocycles. The zero-order valence-electron chi connectivity index (χ0n) is 21.5. The number of hydrogen-bond acceptors (Lipinski definition) is 7. The SMILES string of the molecule is Cc1cc(Cl)cc(C(=O)NC(C)(C)C)c1NC(=O)c1sc(Cn2nnc(C(F)(F)F)n2)nc1-c1ccccc1Cl. The molecule has 2 N–H and O–H groups in total. The third-order valence-corrected chi connectivity index (χ3v) is 6.85. The first-order valence-corrected chi connectivity index (χ1v) is 13.2. The molecular formula is C25H22Cl2F3N7O2S. The Morgan fingerprint density at radius 2 is 1.77 bits per heavy atom. The van der Waals surface area contributed by atoms with Gasteiger partial charge >= 0.3 is 6.18 Å². The average Bonchev–Trinajstić information content (AvgIpc) is 3.47. The summed E-state index contributed by atoms with van der Waals surface area (Å²) in [5, 5.41) is 16.3. The van der Waals surface area contributed by atoms with Crippen molar-refractivity contribution in [2.24, 2.45) is 0 Å². The van der Waals surface area contributed by atoms with E-state index in [1.807, 2.05) is 20.8 Å². The van der Waals surface area contributed by atoms with Crippen molar-refractivity contribution in [3.8, 4) is 11.3 Å². The summed E-state index contributed by atoms with van der Waals surface area (Å²) in [6.07, 6.45) is -4.76. The molecule has 2 aromatic heterocycles. The zero-order valence-corrected chi connectivity index (χ0v) is 23.9. The Balaban J connectivity index is 1.74. The van der Waals surface area contributed by atoms with Crippen LogP contribution in [-0.2, 0) is 12.7 Å². The third-order valence-electron chi connectivity index (χ3n) is 5.26. The first-order chi connectivity index (χ1) is 18.6. The molecule has 4 rings (SSSR count). The second-order valence-corrected chi connectivity index (χ2v) is 11.6. The standard InChI is InChI=1S/C25H22Cl2F3N7O2S/c1-12-9-13(26)10-15(21(38)33-24(2,3)4)18(12)32-22(39)20-19(14-7-5-6-8-16(14)27)31-17(40-20)11-37-35-23(34-36-37)25(28,29)30/h5-10H,11H2,1-4H3,(H,32,39)(H,33,38). The summed E-state index contributed by atoms with van der Waals surface area (Å²) in [7, 11) is 0. The van der Waals surface area contributed by atoms with E-state index in [9.17, 15) is 22.8 Å². The molecule has 2 aromatic carbocycles. The number of alkyl halides is 3. The minimum Gasteiger partial charge on any atom is -0.347 e. The molecule has 2 amide bonds. The highest BCUT2D eigenvalue weighted by atomic mass is 35.5. The second-order valence-electron chi connectivity index (χ2n) is 9.71. The molecule has 0 fully saturated rings. The van der Waals surface area contributed by atoms with E-state index in [4.69, 9.17) is 23.2 Å². The number of hydrogen-bond donors (Lipinski definition) is 2.